The highest BCUT2D eigenvalue weighted by molar-refractivity contribution is 9.10. The molecule has 2 heterocycles. The van der Waals surface area contributed by atoms with Crippen LogP contribution in [0.5, 0.6) is 0 Å². The van der Waals surface area contributed by atoms with E-state index in [4.69, 9.17) is 4.98 Å². The Balaban J connectivity index is 1.70. The molecule has 116 valence electrons. The molecule has 3 aromatic rings. The van der Waals surface area contributed by atoms with Gasteiger partial charge in [0.2, 0.25) is 5.91 Å². The van der Waals surface area contributed by atoms with Gasteiger partial charge in [0.1, 0.15) is 5.82 Å². The molecule has 0 N–H and O–H groups in total. The van der Waals surface area contributed by atoms with E-state index in [1.807, 2.05) is 54.4 Å². The summed E-state index contributed by atoms with van der Waals surface area (Å²) in [5.74, 6) is 1.25. The molecule has 0 saturated carbocycles. The average Bonchev–Trinajstić information content (AvgIpc) is 3.09. The third kappa shape index (κ3) is 2.36. The Hall–Kier alpha value is -2.14. The molecule has 4 nitrogen and oxygen atoms in total. The summed E-state index contributed by atoms with van der Waals surface area (Å²) in [6.45, 7) is 0.665. The Morgan fingerprint density at radius 1 is 1.13 bits per heavy atom. The molecule has 1 unspecified atom stereocenters. The Kier molecular flexibility index (Phi) is 3.45. The van der Waals surface area contributed by atoms with E-state index in [9.17, 15) is 4.79 Å². The number of para-hydroxylation sites is 3. The van der Waals surface area contributed by atoms with E-state index in [0.29, 0.717) is 13.0 Å². The Morgan fingerprint density at radius 3 is 2.65 bits per heavy atom. The van der Waals surface area contributed by atoms with Crippen LogP contribution in [0.1, 0.15) is 18.2 Å². The molecule has 1 aromatic heterocycles. The standard InChI is InChI=1S/C18H16BrN3O/c1-21-16-9-5-3-7-14(16)20-18(21)12-10-17(23)22(11-12)15-8-4-2-6-13(15)19/h2-9,12H,10-11H2,1H3. The van der Waals surface area contributed by atoms with Gasteiger partial charge in [-0.3, -0.25) is 4.79 Å². The molecule has 1 saturated heterocycles. The van der Waals surface area contributed by atoms with Gasteiger partial charge < -0.3 is 9.47 Å². The van der Waals surface area contributed by atoms with Crippen molar-refractivity contribution in [3.8, 4) is 0 Å². The number of nitrogens with zero attached hydrogens (tertiary/aromatic N) is 3. The van der Waals surface area contributed by atoms with Crippen LogP contribution in [-0.4, -0.2) is 22.0 Å². The lowest BCUT2D eigenvalue weighted by Gasteiger charge is -2.18. The second-order valence-electron chi connectivity index (χ2n) is 5.87. The van der Waals surface area contributed by atoms with E-state index < -0.39 is 0 Å². The number of anilines is 1. The molecule has 1 amide bonds. The number of carbonyl (C=O) groups is 1. The molecular weight excluding hydrogens is 354 g/mol. The number of benzene rings is 2. The van der Waals surface area contributed by atoms with Crippen molar-refractivity contribution in [3.63, 3.8) is 0 Å². The smallest absolute Gasteiger partial charge is 0.227 e. The minimum atomic E-state index is 0.118. The lowest BCUT2D eigenvalue weighted by molar-refractivity contribution is -0.117. The van der Waals surface area contributed by atoms with Gasteiger partial charge in [0.25, 0.3) is 0 Å². The summed E-state index contributed by atoms with van der Waals surface area (Å²) in [4.78, 5) is 19.1. The Morgan fingerprint density at radius 2 is 1.87 bits per heavy atom. The summed E-state index contributed by atoms with van der Waals surface area (Å²) in [6, 6.07) is 15.9. The maximum atomic E-state index is 12.5. The van der Waals surface area contributed by atoms with E-state index in [2.05, 4.69) is 26.6 Å². The molecule has 1 aliphatic rings. The van der Waals surface area contributed by atoms with Crippen LogP contribution in [0.2, 0.25) is 0 Å². The molecule has 2 aromatic carbocycles. The number of rotatable bonds is 2. The van der Waals surface area contributed by atoms with Gasteiger partial charge in [0, 0.05) is 30.4 Å². The van der Waals surface area contributed by atoms with Crippen molar-refractivity contribution in [2.75, 3.05) is 11.4 Å². The normalized spacial score (nSPS) is 18.1. The Labute approximate surface area is 142 Å². The van der Waals surface area contributed by atoms with E-state index in [-0.39, 0.29) is 11.8 Å². The fraction of sp³-hybridized carbons (Fsp3) is 0.222. The maximum Gasteiger partial charge on any atom is 0.227 e. The van der Waals surface area contributed by atoms with E-state index in [1.165, 1.54) is 0 Å². The molecule has 5 heteroatoms. The van der Waals surface area contributed by atoms with Gasteiger partial charge in [0.05, 0.1) is 16.7 Å². The van der Waals surface area contributed by atoms with Gasteiger partial charge in [-0.25, -0.2) is 4.98 Å². The SMILES string of the molecule is Cn1c(C2CC(=O)N(c3ccccc3Br)C2)nc2ccccc21. The molecule has 23 heavy (non-hydrogen) atoms. The largest absolute Gasteiger partial charge is 0.331 e. The first-order chi connectivity index (χ1) is 11.1. The van der Waals surface area contributed by atoms with Gasteiger partial charge in [-0.05, 0) is 40.2 Å². The number of hydrogen-bond donors (Lipinski definition) is 0. The number of halogens is 1. The third-order valence-electron chi connectivity index (χ3n) is 4.46. The molecule has 0 bridgehead atoms. The zero-order valence-electron chi connectivity index (χ0n) is 12.7. The zero-order valence-corrected chi connectivity index (χ0v) is 14.3. The fourth-order valence-corrected chi connectivity index (χ4v) is 3.81. The second-order valence-corrected chi connectivity index (χ2v) is 6.73. The predicted molar refractivity (Wildman–Crippen MR) is 94.6 cm³/mol. The summed E-state index contributed by atoms with van der Waals surface area (Å²) in [6.07, 6.45) is 0.499. The zero-order chi connectivity index (χ0) is 16.0. The van der Waals surface area contributed by atoms with Crippen LogP contribution in [-0.2, 0) is 11.8 Å². The summed E-state index contributed by atoms with van der Waals surface area (Å²) >= 11 is 3.54. The molecule has 4 rings (SSSR count). The van der Waals surface area contributed by atoms with Crippen LogP contribution in [0.15, 0.2) is 53.0 Å². The summed E-state index contributed by atoms with van der Waals surface area (Å²) in [5.41, 5.74) is 3.02. The lowest BCUT2D eigenvalue weighted by Crippen LogP contribution is -2.24. The highest BCUT2D eigenvalue weighted by Crippen LogP contribution is 2.35. The highest BCUT2D eigenvalue weighted by Gasteiger charge is 2.34. The van der Waals surface area contributed by atoms with E-state index >= 15 is 0 Å². The monoisotopic (exact) mass is 369 g/mol. The number of imidazole rings is 1. The van der Waals surface area contributed by atoms with Crippen molar-refractivity contribution in [1.82, 2.24) is 9.55 Å². The molecule has 1 aliphatic heterocycles. The van der Waals surface area contributed by atoms with Gasteiger partial charge in [0.15, 0.2) is 0 Å². The maximum absolute atomic E-state index is 12.5. The van der Waals surface area contributed by atoms with Crippen molar-refractivity contribution in [2.24, 2.45) is 7.05 Å². The second kappa shape index (κ2) is 5.49. The van der Waals surface area contributed by atoms with Crippen molar-refractivity contribution >= 4 is 38.6 Å². The van der Waals surface area contributed by atoms with Crippen LogP contribution >= 0.6 is 15.9 Å². The molecule has 1 atom stereocenters. The highest BCUT2D eigenvalue weighted by atomic mass is 79.9. The number of carbonyl (C=O) groups excluding carboxylic acids is 1. The molecular formula is C18H16BrN3O. The first-order valence-corrected chi connectivity index (χ1v) is 8.40. The van der Waals surface area contributed by atoms with E-state index in [0.717, 1.165) is 27.0 Å². The van der Waals surface area contributed by atoms with Crippen molar-refractivity contribution in [1.29, 1.82) is 0 Å². The topological polar surface area (TPSA) is 38.1 Å². The first kappa shape index (κ1) is 14.5. The number of amides is 1. The fourth-order valence-electron chi connectivity index (χ4n) is 3.31. The van der Waals surface area contributed by atoms with Crippen molar-refractivity contribution < 1.29 is 4.79 Å². The number of fused-ring (bicyclic) bond motifs is 1. The quantitative estimate of drug-likeness (QED) is 0.687. The average molecular weight is 370 g/mol. The lowest BCUT2D eigenvalue weighted by atomic mass is 10.1. The van der Waals surface area contributed by atoms with Gasteiger partial charge in [-0.2, -0.15) is 0 Å². The minimum Gasteiger partial charge on any atom is -0.331 e. The summed E-state index contributed by atoms with van der Waals surface area (Å²) in [7, 11) is 2.02. The van der Waals surface area contributed by atoms with Gasteiger partial charge in [-0.15, -0.1) is 0 Å². The van der Waals surface area contributed by atoms with Crippen molar-refractivity contribution in [2.45, 2.75) is 12.3 Å². The van der Waals surface area contributed by atoms with Gasteiger partial charge in [-0.1, -0.05) is 24.3 Å². The molecule has 0 aliphatic carbocycles. The molecule has 1 fully saturated rings. The Bertz CT molecular complexity index is 902. The van der Waals surface area contributed by atoms with Gasteiger partial charge >= 0.3 is 0 Å². The van der Waals surface area contributed by atoms with Crippen LogP contribution in [0.4, 0.5) is 5.69 Å². The summed E-state index contributed by atoms with van der Waals surface area (Å²) in [5, 5.41) is 0. The van der Waals surface area contributed by atoms with Crippen LogP contribution in [0.25, 0.3) is 11.0 Å². The van der Waals surface area contributed by atoms with E-state index in [1.54, 1.807) is 0 Å². The van der Waals surface area contributed by atoms with Crippen molar-refractivity contribution in [3.05, 3.63) is 58.8 Å². The third-order valence-corrected chi connectivity index (χ3v) is 5.13. The molecule has 0 radical (unpaired) electrons. The van der Waals surface area contributed by atoms with Crippen LogP contribution in [0, 0.1) is 0 Å². The number of aryl methyl sites for hydroxylation is 1. The van der Waals surface area contributed by atoms with Crippen LogP contribution in [0.3, 0.4) is 0 Å². The number of hydrogen-bond acceptors (Lipinski definition) is 2. The minimum absolute atomic E-state index is 0.118. The molecule has 0 spiro atoms. The predicted octanol–water partition coefficient (Wildman–Crippen LogP) is 3.86. The number of aromatic nitrogens is 2. The van der Waals surface area contributed by atoms with Crippen LogP contribution < -0.4 is 4.90 Å². The summed E-state index contributed by atoms with van der Waals surface area (Å²) < 4.78 is 3.05. The first-order valence-electron chi connectivity index (χ1n) is 7.61.